The van der Waals surface area contributed by atoms with Crippen molar-refractivity contribution < 1.29 is 0 Å². The zero-order valence-corrected chi connectivity index (χ0v) is 11.8. The molecule has 0 unspecified atom stereocenters. The maximum absolute atomic E-state index is 6.01. The molecule has 19 heavy (non-hydrogen) atoms. The third-order valence-corrected chi connectivity index (χ3v) is 4.20. The highest BCUT2D eigenvalue weighted by Crippen LogP contribution is 2.39. The van der Waals surface area contributed by atoms with Crippen molar-refractivity contribution in [3.05, 3.63) is 11.4 Å². The Hall–Kier alpha value is -1.36. The largest absolute Gasteiger partial charge is 0.383 e. The second-order valence-corrected chi connectivity index (χ2v) is 5.94. The lowest BCUT2D eigenvalue weighted by atomic mass is 10.1. The van der Waals surface area contributed by atoms with Gasteiger partial charge in [0.2, 0.25) is 0 Å². The van der Waals surface area contributed by atoms with Crippen LogP contribution in [-0.4, -0.2) is 41.0 Å². The number of anilines is 2. The molecule has 1 saturated heterocycles. The van der Waals surface area contributed by atoms with Crippen molar-refractivity contribution in [1.29, 1.82) is 0 Å². The molecule has 0 amide bonds. The predicted molar refractivity (Wildman–Crippen MR) is 77.3 cm³/mol. The van der Waals surface area contributed by atoms with Gasteiger partial charge in [-0.15, -0.1) is 0 Å². The number of nitrogens with two attached hydrogens (primary N) is 1. The zero-order chi connectivity index (χ0) is 13.4. The summed E-state index contributed by atoms with van der Waals surface area (Å²) in [6.07, 6.45) is 4.74. The van der Waals surface area contributed by atoms with Gasteiger partial charge in [0.05, 0.1) is 0 Å². The average Bonchev–Trinajstić information content (AvgIpc) is 3.21. The molecule has 3 N–H and O–H groups in total. The van der Waals surface area contributed by atoms with Crippen LogP contribution >= 0.6 is 0 Å². The van der Waals surface area contributed by atoms with Gasteiger partial charge in [-0.2, -0.15) is 0 Å². The van der Waals surface area contributed by atoms with Crippen LogP contribution in [0.15, 0.2) is 0 Å². The molecule has 0 atom stereocenters. The topological polar surface area (TPSA) is 67.1 Å². The van der Waals surface area contributed by atoms with E-state index in [1.807, 2.05) is 6.92 Å². The lowest BCUT2D eigenvalue weighted by Crippen LogP contribution is -2.37. The second-order valence-electron chi connectivity index (χ2n) is 5.94. The molecule has 2 fully saturated rings. The maximum Gasteiger partial charge on any atom is 0.136 e. The van der Waals surface area contributed by atoms with E-state index < -0.39 is 0 Å². The van der Waals surface area contributed by atoms with Crippen molar-refractivity contribution in [2.45, 2.75) is 44.6 Å². The molecule has 5 heteroatoms. The fraction of sp³-hybridized carbons (Fsp3) is 0.714. The van der Waals surface area contributed by atoms with E-state index in [9.17, 15) is 0 Å². The van der Waals surface area contributed by atoms with Crippen molar-refractivity contribution in [2.75, 3.05) is 31.2 Å². The molecule has 0 spiro atoms. The Kier molecular flexibility index (Phi) is 3.31. The van der Waals surface area contributed by atoms with E-state index in [-0.39, 0.29) is 0 Å². The van der Waals surface area contributed by atoms with E-state index in [0.29, 0.717) is 17.8 Å². The van der Waals surface area contributed by atoms with E-state index in [4.69, 9.17) is 10.7 Å². The van der Waals surface area contributed by atoms with Gasteiger partial charge in [-0.3, -0.25) is 0 Å². The summed E-state index contributed by atoms with van der Waals surface area (Å²) in [7, 11) is 2.18. The van der Waals surface area contributed by atoms with Crippen LogP contribution in [0.4, 0.5) is 11.6 Å². The number of piperidine rings is 1. The first kappa shape index (κ1) is 12.7. The van der Waals surface area contributed by atoms with Crippen molar-refractivity contribution in [3.63, 3.8) is 0 Å². The second kappa shape index (κ2) is 4.96. The van der Waals surface area contributed by atoms with Crippen molar-refractivity contribution >= 4 is 11.6 Å². The summed E-state index contributed by atoms with van der Waals surface area (Å²) in [4.78, 5) is 11.5. The molecule has 0 radical (unpaired) electrons. The van der Waals surface area contributed by atoms with Crippen LogP contribution in [-0.2, 0) is 0 Å². The van der Waals surface area contributed by atoms with Crippen molar-refractivity contribution in [2.24, 2.45) is 0 Å². The van der Waals surface area contributed by atoms with E-state index in [0.717, 1.165) is 30.3 Å². The number of nitrogen functional groups attached to an aromatic ring is 1. The first-order chi connectivity index (χ1) is 9.13. The standard InChI is InChI=1S/C14H23N5/c1-9-12(15)17-14(10-3-4-10)18-13(9)16-11-5-7-19(2)8-6-11/h10-11H,3-8H2,1-2H3,(H3,15,16,17,18). The molecular weight excluding hydrogens is 238 g/mol. The molecule has 2 heterocycles. The van der Waals surface area contributed by atoms with E-state index >= 15 is 0 Å². The average molecular weight is 261 g/mol. The minimum atomic E-state index is 0.510. The highest BCUT2D eigenvalue weighted by molar-refractivity contribution is 5.55. The predicted octanol–water partition coefficient (Wildman–Crippen LogP) is 1.75. The molecular formula is C14H23N5. The van der Waals surface area contributed by atoms with Gasteiger partial charge in [-0.25, -0.2) is 9.97 Å². The van der Waals surface area contributed by atoms with Crippen LogP contribution in [0.5, 0.6) is 0 Å². The van der Waals surface area contributed by atoms with Gasteiger partial charge in [-0.05, 0) is 52.7 Å². The molecule has 104 valence electrons. The maximum atomic E-state index is 6.01. The first-order valence-electron chi connectivity index (χ1n) is 7.22. The summed E-state index contributed by atoms with van der Waals surface area (Å²) in [6.45, 7) is 4.29. The molecule has 0 aromatic carbocycles. The van der Waals surface area contributed by atoms with Crippen LogP contribution in [0.1, 0.15) is 43.0 Å². The van der Waals surface area contributed by atoms with Crippen LogP contribution < -0.4 is 11.1 Å². The molecule has 1 aromatic rings. The number of hydrogen-bond acceptors (Lipinski definition) is 5. The molecule has 2 aliphatic rings. The summed E-state index contributed by atoms with van der Waals surface area (Å²) < 4.78 is 0. The lowest BCUT2D eigenvalue weighted by Gasteiger charge is -2.30. The Morgan fingerprint density at radius 1 is 1.16 bits per heavy atom. The van der Waals surface area contributed by atoms with E-state index in [1.165, 1.54) is 25.7 Å². The quantitative estimate of drug-likeness (QED) is 0.867. The summed E-state index contributed by atoms with van der Waals surface area (Å²) >= 11 is 0. The molecule has 1 aliphatic carbocycles. The molecule has 1 saturated carbocycles. The fourth-order valence-electron chi connectivity index (χ4n) is 2.56. The van der Waals surface area contributed by atoms with Gasteiger partial charge in [0.1, 0.15) is 17.5 Å². The lowest BCUT2D eigenvalue weighted by molar-refractivity contribution is 0.263. The molecule has 3 rings (SSSR count). The Labute approximate surface area is 114 Å². The molecule has 1 aromatic heterocycles. The third kappa shape index (κ3) is 2.81. The fourth-order valence-corrected chi connectivity index (χ4v) is 2.56. The Morgan fingerprint density at radius 2 is 1.84 bits per heavy atom. The van der Waals surface area contributed by atoms with E-state index in [2.05, 4.69) is 22.2 Å². The Bertz CT molecular complexity index is 461. The number of aromatic nitrogens is 2. The van der Waals surface area contributed by atoms with Crippen LogP contribution in [0.2, 0.25) is 0 Å². The SMILES string of the molecule is Cc1c(N)nc(C2CC2)nc1NC1CCN(C)CC1. The minimum absolute atomic E-state index is 0.510. The molecule has 1 aliphatic heterocycles. The van der Waals surface area contributed by atoms with E-state index in [1.54, 1.807) is 0 Å². The molecule has 5 nitrogen and oxygen atoms in total. The van der Waals surface area contributed by atoms with Crippen molar-refractivity contribution in [3.8, 4) is 0 Å². The van der Waals surface area contributed by atoms with Gasteiger partial charge in [0, 0.05) is 17.5 Å². The molecule has 0 bridgehead atoms. The number of nitrogens with one attached hydrogen (secondary N) is 1. The van der Waals surface area contributed by atoms with Gasteiger partial charge < -0.3 is 16.0 Å². The van der Waals surface area contributed by atoms with Crippen LogP contribution in [0, 0.1) is 6.92 Å². The van der Waals surface area contributed by atoms with Gasteiger partial charge >= 0.3 is 0 Å². The highest BCUT2D eigenvalue weighted by Gasteiger charge is 2.28. The summed E-state index contributed by atoms with van der Waals surface area (Å²) in [5.41, 5.74) is 7.00. The van der Waals surface area contributed by atoms with Gasteiger partial charge in [0.25, 0.3) is 0 Å². The zero-order valence-electron chi connectivity index (χ0n) is 11.8. The summed E-state index contributed by atoms with van der Waals surface area (Å²) in [6, 6.07) is 0.510. The number of hydrogen-bond donors (Lipinski definition) is 2. The van der Waals surface area contributed by atoms with Gasteiger partial charge in [-0.1, -0.05) is 0 Å². The normalized spacial score (nSPS) is 21.6. The third-order valence-electron chi connectivity index (χ3n) is 4.20. The summed E-state index contributed by atoms with van der Waals surface area (Å²) in [5.74, 6) is 3.05. The van der Waals surface area contributed by atoms with Crippen LogP contribution in [0.25, 0.3) is 0 Å². The van der Waals surface area contributed by atoms with Crippen molar-refractivity contribution in [1.82, 2.24) is 14.9 Å². The first-order valence-corrected chi connectivity index (χ1v) is 7.22. The van der Waals surface area contributed by atoms with Gasteiger partial charge in [0.15, 0.2) is 0 Å². The minimum Gasteiger partial charge on any atom is -0.383 e. The van der Waals surface area contributed by atoms with Crippen LogP contribution in [0.3, 0.4) is 0 Å². The summed E-state index contributed by atoms with van der Waals surface area (Å²) in [5, 5.41) is 3.58. The smallest absolute Gasteiger partial charge is 0.136 e. The Balaban J connectivity index is 1.75. The Morgan fingerprint density at radius 3 is 2.47 bits per heavy atom. The number of nitrogens with zero attached hydrogens (tertiary/aromatic N) is 3. The highest BCUT2D eigenvalue weighted by atomic mass is 15.1. The number of rotatable bonds is 3. The monoisotopic (exact) mass is 261 g/mol. The number of likely N-dealkylation sites (tertiary alicyclic amines) is 1.